The third-order valence-electron chi connectivity index (χ3n) is 1.58. The predicted octanol–water partition coefficient (Wildman–Crippen LogP) is 2.01. The molecule has 0 aliphatic heterocycles. The predicted molar refractivity (Wildman–Crippen MR) is 43.5 cm³/mol. The maximum absolute atomic E-state index is 12.5. The summed E-state index contributed by atoms with van der Waals surface area (Å²) in [5.74, 6) is 0.410. The molecule has 0 aliphatic carbocycles. The number of halogens is 1. The Balaban J connectivity index is 2.43. The second-order valence-corrected chi connectivity index (χ2v) is 2.42. The van der Waals surface area contributed by atoms with Crippen LogP contribution in [-0.4, -0.2) is 9.55 Å². The minimum Gasteiger partial charge on any atom is -0.309 e. The lowest BCUT2D eigenvalue weighted by Gasteiger charge is -1.99. The van der Waals surface area contributed by atoms with Gasteiger partial charge in [-0.05, 0) is 24.3 Å². The number of nitrogens with zero attached hydrogens (tertiary/aromatic N) is 2. The molecule has 12 heavy (non-hydrogen) atoms. The van der Waals surface area contributed by atoms with E-state index in [2.05, 4.69) is 4.98 Å². The van der Waals surface area contributed by atoms with Gasteiger partial charge < -0.3 is 4.57 Å². The molecule has 2 rings (SSSR count). The van der Waals surface area contributed by atoms with Gasteiger partial charge in [-0.15, -0.1) is 0 Å². The van der Waals surface area contributed by atoms with Crippen molar-refractivity contribution in [1.29, 1.82) is 0 Å². The first-order valence-corrected chi connectivity index (χ1v) is 3.61. The lowest BCUT2D eigenvalue weighted by Crippen LogP contribution is -1.93. The Kier molecular flexibility index (Phi) is 1.63. The molecule has 0 N–H and O–H groups in total. The molecule has 0 saturated carbocycles. The fourth-order valence-electron chi connectivity index (χ4n) is 1.01. The van der Waals surface area contributed by atoms with Crippen molar-refractivity contribution in [1.82, 2.24) is 9.55 Å². The van der Waals surface area contributed by atoms with Crippen LogP contribution in [0.5, 0.6) is 0 Å². The molecule has 0 radical (unpaired) electrons. The van der Waals surface area contributed by atoms with E-state index in [4.69, 9.17) is 0 Å². The monoisotopic (exact) mass is 162 g/mol. The van der Waals surface area contributed by atoms with Gasteiger partial charge in [0, 0.05) is 12.4 Å². The van der Waals surface area contributed by atoms with Gasteiger partial charge in [0.2, 0.25) is 0 Å². The quantitative estimate of drug-likeness (QED) is 0.627. The van der Waals surface area contributed by atoms with Crippen molar-refractivity contribution in [3.8, 4) is 5.82 Å². The van der Waals surface area contributed by atoms with Crippen molar-refractivity contribution < 1.29 is 4.39 Å². The summed E-state index contributed by atoms with van der Waals surface area (Å²) in [6.07, 6.45) is 4.93. The molecule has 2 aromatic heterocycles. The maximum Gasteiger partial charge on any atom is 0.141 e. The summed E-state index contributed by atoms with van der Waals surface area (Å²) in [4.78, 5) is 3.91. The average Bonchev–Trinajstić information content (AvgIpc) is 2.58. The summed E-state index contributed by atoms with van der Waals surface area (Å²) in [6.45, 7) is 0. The minimum absolute atomic E-state index is 0.314. The van der Waals surface area contributed by atoms with Gasteiger partial charge in [0.1, 0.15) is 11.6 Å². The van der Waals surface area contributed by atoms with Crippen LogP contribution in [-0.2, 0) is 0 Å². The molecule has 0 fully saturated rings. The Hall–Kier alpha value is -1.64. The topological polar surface area (TPSA) is 17.8 Å². The Morgan fingerprint density at radius 1 is 1.17 bits per heavy atom. The zero-order valence-electron chi connectivity index (χ0n) is 6.31. The van der Waals surface area contributed by atoms with Gasteiger partial charge >= 0.3 is 0 Å². The van der Waals surface area contributed by atoms with Gasteiger partial charge in [-0.2, -0.15) is 0 Å². The molecular weight excluding hydrogens is 155 g/mol. The van der Waals surface area contributed by atoms with Crippen molar-refractivity contribution in [2.45, 2.75) is 0 Å². The highest BCUT2D eigenvalue weighted by Gasteiger charge is 1.94. The fourth-order valence-corrected chi connectivity index (χ4v) is 1.01. The van der Waals surface area contributed by atoms with Crippen molar-refractivity contribution in [2.24, 2.45) is 0 Å². The summed E-state index contributed by atoms with van der Waals surface area (Å²) in [5, 5.41) is 0. The van der Waals surface area contributed by atoms with Crippen LogP contribution in [0.1, 0.15) is 0 Å². The van der Waals surface area contributed by atoms with Gasteiger partial charge in [0.15, 0.2) is 0 Å². The van der Waals surface area contributed by atoms with Crippen LogP contribution in [0.25, 0.3) is 5.82 Å². The van der Waals surface area contributed by atoms with E-state index in [1.165, 1.54) is 12.3 Å². The molecule has 0 spiro atoms. The standard InChI is InChI=1S/C9H7FN2/c10-8-3-4-9(11-7-8)12-5-1-2-6-12/h1-7H. The second kappa shape index (κ2) is 2.77. The van der Waals surface area contributed by atoms with E-state index in [1.807, 2.05) is 29.1 Å². The highest BCUT2D eigenvalue weighted by Crippen LogP contribution is 2.04. The fraction of sp³-hybridized carbons (Fsp3) is 0. The zero-order valence-corrected chi connectivity index (χ0v) is 6.31. The van der Waals surface area contributed by atoms with Gasteiger partial charge in [0.25, 0.3) is 0 Å². The Morgan fingerprint density at radius 2 is 1.92 bits per heavy atom. The van der Waals surface area contributed by atoms with Crippen LogP contribution in [0, 0.1) is 5.82 Å². The van der Waals surface area contributed by atoms with E-state index in [-0.39, 0.29) is 5.82 Å². The second-order valence-electron chi connectivity index (χ2n) is 2.42. The third kappa shape index (κ3) is 1.21. The summed E-state index contributed by atoms with van der Waals surface area (Å²) in [6, 6.07) is 6.81. The van der Waals surface area contributed by atoms with E-state index in [1.54, 1.807) is 6.07 Å². The molecule has 0 amide bonds. The molecule has 2 nitrogen and oxygen atoms in total. The molecule has 0 bridgehead atoms. The van der Waals surface area contributed by atoms with Crippen LogP contribution >= 0.6 is 0 Å². The van der Waals surface area contributed by atoms with E-state index < -0.39 is 0 Å². The lowest BCUT2D eigenvalue weighted by molar-refractivity contribution is 0.620. The average molecular weight is 162 g/mol. The van der Waals surface area contributed by atoms with E-state index in [0.29, 0.717) is 0 Å². The third-order valence-corrected chi connectivity index (χ3v) is 1.58. The number of hydrogen-bond acceptors (Lipinski definition) is 1. The molecule has 3 heteroatoms. The van der Waals surface area contributed by atoms with Crippen molar-refractivity contribution >= 4 is 0 Å². The van der Waals surface area contributed by atoms with Crippen LogP contribution in [0.3, 0.4) is 0 Å². The highest BCUT2D eigenvalue weighted by atomic mass is 19.1. The lowest BCUT2D eigenvalue weighted by atomic mass is 10.4. The van der Waals surface area contributed by atoms with E-state index in [9.17, 15) is 4.39 Å². The molecule has 2 aromatic rings. The molecule has 0 unspecified atom stereocenters. The Morgan fingerprint density at radius 3 is 2.50 bits per heavy atom. The van der Waals surface area contributed by atoms with Crippen molar-refractivity contribution in [3.05, 3.63) is 48.7 Å². The highest BCUT2D eigenvalue weighted by molar-refractivity contribution is 5.22. The zero-order chi connectivity index (χ0) is 8.39. The maximum atomic E-state index is 12.5. The van der Waals surface area contributed by atoms with Crippen LogP contribution < -0.4 is 0 Å². The first-order chi connectivity index (χ1) is 5.86. The minimum atomic E-state index is -0.314. The first-order valence-electron chi connectivity index (χ1n) is 3.61. The van der Waals surface area contributed by atoms with Crippen LogP contribution in [0.4, 0.5) is 4.39 Å². The summed E-state index contributed by atoms with van der Waals surface area (Å²) in [7, 11) is 0. The molecule has 0 aromatic carbocycles. The number of pyridine rings is 1. The van der Waals surface area contributed by atoms with E-state index >= 15 is 0 Å². The SMILES string of the molecule is Fc1ccc(-n2cccc2)nc1. The molecule has 0 atom stereocenters. The number of hydrogen-bond donors (Lipinski definition) is 0. The largest absolute Gasteiger partial charge is 0.309 e. The smallest absolute Gasteiger partial charge is 0.141 e. The summed E-state index contributed by atoms with van der Waals surface area (Å²) < 4.78 is 14.3. The first kappa shape index (κ1) is 7.03. The Bertz CT molecular complexity index is 351. The van der Waals surface area contributed by atoms with Gasteiger partial charge in [-0.1, -0.05) is 0 Å². The normalized spacial score (nSPS) is 10.1. The number of rotatable bonds is 1. The van der Waals surface area contributed by atoms with E-state index in [0.717, 1.165) is 5.82 Å². The van der Waals surface area contributed by atoms with Gasteiger partial charge in [0.05, 0.1) is 6.20 Å². The summed E-state index contributed by atoms with van der Waals surface area (Å²) >= 11 is 0. The number of aromatic nitrogens is 2. The molecular formula is C9H7FN2. The van der Waals surface area contributed by atoms with Crippen molar-refractivity contribution in [2.75, 3.05) is 0 Å². The summed E-state index contributed by atoms with van der Waals surface area (Å²) in [5.41, 5.74) is 0. The molecule has 2 heterocycles. The van der Waals surface area contributed by atoms with Crippen molar-refractivity contribution in [3.63, 3.8) is 0 Å². The van der Waals surface area contributed by atoms with Crippen LogP contribution in [0.2, 0.25) is 0 Å². The van der Waals surface area contributed by atoms with Gasteiger partial charge in [-0.25, -0.2) is 9.37 Å². The Labute approximate surface area is 69.3 Å². The molecule has 0 saturated heterocycles. The van der Waals surface area contributed by atoms with Crippen LogP contribution in [0.15, 0.2) is 42.9 Å². The van der Waals surface area contributed by atoms with Gasteiger partial charge in [-0.3, -0.25) is 0 Å². The molecule has 0 aliphatic rings. The molecule has 60 valence electrons.